The summed E-state index contributed by atoms with van der Waals surface area (Å²) in [6.45, 7) is 4.60. The fourth-order valence-corrected chi connectivity index (χ4v) is 2.33. The first-order chi connectivity index (χ1) is 6.77. The summed E-state index contributed by atoms with van der Waals surface area (Å²) in [6, 6.07) is 0. The molecule has 82 valence electrons. The van der Waals surface area contributed by atoms with E-state index < -0.39 is 0 Å². The molecule has 2 N–H and O–H groups in total. The highest BCUT2D eigenvalue weighted by molar-refractivity contribution is 7.99. The van der Waals surface area contributed by atoms with Gasteiger partial charge in [0.05, 0.1) is 5.75 Å². The van der Waals surface area contributed by atoms with E-state index in [1.54, 1.807) is 11.8 Å². The van der Waals surface area contributed by atoms with Crippen molar-refractivity contribution in [3.63, 3.8) is 0 Å². The molecule has 0 spiro atoms. The Balaban J connectivity index is 2.31. The van der Waals surface area contributed by atoms with Crippen LogP contribution in [0.2, 0.25) is 0 Å². The lowest BCUT2D eigenvalue weighted by Crippen LogP contribution is -2.42. The highest BCUT2D eigenvalue weighted by Crippen LogP contribution is 2.16. The molecule has 1 unspecified atom stereocenters. The van der Waals surface area contributed by atoms with Gasteiger partial charge < -0.3 is 10.6 Å². The Morgan fingerprint density at radius 3 is 3.07 bits per heavy atom. The van der Waals surface area contributed by atoms with Crippen LogP contribution in [0, 0.1) is 5.92 Å². The summed E-state index contributed by atoms with van der Waals surface area (Å²) < 4.78 is 0. The predicted molar refractivity (Wildman–Crippen MR) is 61.4 cm³/mol. The van der Waals surface area contributed by atoms with E-state index in [1.807, 2.05) is 4.90 Å². The molecule has 1 rings (SSSR count). The van der Waals surface area contributed by atoms with Gasteiger partial charge in [-0.3, -0.25) is 4.79 Å². The van der Waals surface area contributed by atoms with Gasteiger partial charge in [-0.1, -0.05) is 6.92 Å². The number of piperidine rings is 1. The van der Waals surface area contributed by atoms with Gasteiger partial charge in [-0.25, -0.2) is 0 Å². The minimum atomic E-state index is 0.287. The fraction of sp³-hybridized carbons (Fsp3) is 0.900. The molecular weight excluding hydrogens is 196 g/mol. The van der Waals surface area contributed by atoms with E-state index in [2.05, 4.69) is 6.92 Å². The number of thioether (sulfide) groups is 1. The van der Waals surface area contributed by atoms with Crippen molar-refractivity contribution in [3.05, 3.63) is 0 Å². The molecule has 1 amide bonds. The number of carbonyl (C=O) groups excluding carboxylic acids is 1. The SMILES string of the molecule is CCSCC(=O)N1CCCC(CN)C1. The van der Waals surface area contributed by atoms with E-state index in [9.17, 15) is 4.79 Å². The molecule has 0 aliphatic carbocycles. The van der Waals surface area contributed by atoms with Crippen LogP contribution in [-0.4, -0.2) is 41.9 Å². The molecule has 1 heterocycles. The van der Waals surface area contributed by atoms with Gasteiger partial charge in [0.25, 0.3) is 0 Å². The smallest absolute Gasteiger partial charge is 0.232 e. The van der Waals surface area contributed by atoms with Crippen LogP contribution >= 0.6 is 11.8 Å². The largest absolute Gasteiger partial charge is 0.342 e. The molecule has 0 bridgehead atoms. The van der Waals surface area contributed by atoms with Crippen molar-refractivity contribution < 1.29 is 4.79 Å². The van der Waals surface area contributed by atoms with E-state index in [1.165, 1.54) is 6.42 Å². The number of nitrogens with zero attached hydrogens (tertiary/aromatic N) is 1. The van der Waals surface area contributed by atoms with E-state index in [4.69, 9.17) is 5.73 Å². The van der Waals surface area contributed by atoms with Gasteiger partial charge in [0.1, 0.15) is 0 Å². The van der Waals surface area contributed by atoms with Gasteiger partial charge in [0.15, 0.2) is 0 Å². The second kappa shape index (κ2) is 6.30. The minimum Gasteiger partial charge on any atom is -0.342 e. The Hall–Kier alpha value is -0.220. The Morgan fingerprint density at radius 1 is 1.64 bits per heavy atom. The number of hydrogen-bond acceptors (Lipinski definition) is 3. The molecule has 1 aliphatic heterocycles. The van der Waals surface area contributed by atoms with Crippen molar-refractivity contribution in [2.24, 2.45) is 11.7 Å². The van der Waals surface area contributed by atoms with Gasteiger partial charge in [-0.15, -0.1) is 0 Å². The Morgan fingerprint density at radius 2 is 2.43 bits per heavy atom. The summed E-state index contributed by atoms with van der Waals surface area (Å²) in [5.41, 5.74) is 5.62. The Kier molecular flexibility index (Phi) is 5.33. The summed E-state index contributed by atoms with van der Waals surface area (Å²) >= 11 is 1.70. The van der Waals surface area contributed by atoms with Crippen LogP contribution in [0.3, 0.4) is 0 Å². The van der Waals surface area contributed by atoms with E-state index in [0.717, 1.165) is 25.3 Å². The molecule has 1 aliphatic rings. The van der Waals surface area contributed by atoms with Crippen molar-refractivity contribution >= 4 is 17.7 Å². The lowest BCUT2D eigenvalue weighted by Gasteiger charge is -2.32. The Labute approximate surface area is 90.4 Å². The lowest BCUT2D eigenvalue weighted by atomic mass is 9.98. The summed E-state index contributed by atoms with van der Waals surface area (Å²) in [7, 11) is 0. The van der Waals surface area contributed by atoms with Gasteiger partial charge in [0.2, 0.25) is 5.91 Å². The van der Waals surface area contributed by atoms with Crippen LogP contribution in [-0.2, 0) is 4.79 Å². The number of rotatable bonds is 4. The normalized spacial score (nSPS) is 22.4. The third kappa shape index (κ3) is 3.50. The Bertz CT molecular complexity index is 187. The number of carbonyl (C=O) groups is 1. The molecule has 0 aromatic heterocycles. The molecule has 4 heteroatoms. The average Bonchev–Trinajstić information content (AvgIpc) is 2.26. The number of nitrogens with two attached hydrogens (primary N) is 1. The van der Waals surface area contributed by atoms with Crippen molar-refractivity contribution in [2.75, 3.05) is 31.1 Å². The van der Waals surface area contributed by atoms with Crippen molar-refractivity contribution in [3.8, 4) is 0 Å². The molecule has 1 saturated heterocycles. The number of likely N-dealkylation sites (tertiary alicyclic amines) is 1. The van der Waals surface area contributed by atoms with Crippen molar-refractivity contribution in [2.45, 2.75) is 19.8 Å². The van der Waals surface area contributed by atoms with Crippen LogP contribution in [0.1, 0.15) is 19.8 Å². The molecule has 1 fully saturated rings. The monoisotopic (exact) mass is 216 g/mol. The van der Waals surface area contributed by atoms with Gasteiger partial charge in [0, 0.05) is 13.1 Å². The minimum absolute atomic E-state index is 0.287. The first-order valence-electron chi connectivity index (χ1n) is 5.33. The third-order valence-corrected chi connectivity index (χ3v) is 3.49. The number of amides is 1. The predicted octanol–water partition coefficient (Wildman–Crippen LogP) is 0.937. The summed E-state index contributed by atoms with van der Waals surface area (Å²) in [6.07, 6.45) is 2.30. The topological polar surface area (TPSA) is 46.3 Å². The molecule has 0 saturated carbocycles. The highest BCUT2D eigenvalue weighted by atomic mass is 32.2. The first kappa shape index (κ1) is 11.9. The van der Waals surface area contributed by atoms with Crippen LogP contribution in [0.15, 0.2) is 0 Å². The first-order valence-corrected chi connectivity index (χ1v) is 6.49. The quantitative estimate of drug-likeness (QED) is 0.760. The fourth-order valence-electron chi connectivity index (χ4n) is 1.76. The maximum atomic E-state index is 11.7. The zero-order valence-electron chi connectivity index (χ0n) is 8.87. The second-order valence-corrected chi connectivity index (χ2v) is 5.00. The van der Waals surface area contributed by atoms with Gasteiger partial charge >= 0.3 is 0 Å². The van der Waals surface area contributed by atoms with E-state index in [-0.39, 0.29) is 5.91 Å². The lowest BCUT2D eigenvalue weighted by molar-refractivity contribution is -0.130. The summed E-state index contributed by atoms with van der Waals surface area (Å²) in [5.74, 6) is 2.46. The molecule has 1 atom stereocenters. The van der Waals surface area contributed by atoms with Crippen LogP contribution in [0.5, 0.6) is 0 Å². The summed E-state index contributed by atoms with van der Waals surface area (Å²) in [4.78, 5) is 13.7. The maximum absolute atomic E-state index is 11.7. The summed E-state index contributed by atoms with van der Waals surface area (Å²) in [5, 5.41) is 0. The van der Waals surface area contributed by atoms with Crippen LogP contribution in [0.25, 0.3) is 0 Å². The van der Waals surface area contributed by atoms with Crippen molar-refractivity contribution in [1.82, 2.24) is 4.90 Å². The molecular formula is C10H20N2OS. The maximum Gasteiger partial charge on any atom is 0.232 e. The number of hydrogen-bond donors (Lipinski definition) is 1. The van der Waals surface area contributed by atoms with Gasteiger partial charge in [-0.2, -0.15) is 11.8 Å². The molecule has 14 heavy (non-hydrogen) atoms. The van der Waals surface area contributed by atoms with Crippen LogP contribution in [0.4, 0.5) is 0 Å². The molecule has 0 radical (unpaired) electrons. The highest BCUT2D eigenvalue weighted by Gasteiger charge is 2.21. The van der Waals surface area contributed by atoms with Crippen molar-refractivity contribution in [1.29, 1.82) is 0 Å². The molecule has 3 nitrogen and oxygen atoms in total. The second-order valence-electron chi connectivity index (χ2n) is 3.72. The molecule has 0 aromatic rings. The van der Waals surface area contributed by atoms with E-state index in [0.29, 0.717) is 18.2 Å². The van der Waals surface area contributed by atoms with E-state index >= 15 is 0 Å². The average molecular weight is 216 g/mol. The zero-order chi connectivity index (χ0) is 10.4. The van der Waals surface area contributed by atoms with Crippen LogP contribution < -0.4 is 5.73 Å². The molecule has 0 aromatic carbocycles. The zero-order valence-corrected chi connectivity index (χ0v) is 9.68. The third-order valence-electron chi connectivity index (χ3n) is 2.63. The van der Waals surface area contributed by atoms with Gasteiger partial charge in [-0.05, 0) is 31.1 Å². The standard InChI is InChI=1S/C10H20N2OS/c1-2-14-8-10(13)12-5-3-4-9(6-11)7-12/h9H,2-8,11H2,1H3.